The number of H-pyrrole nitrogens is 1. The normalized spacial score (nSPS) is 11.2. The number of hydrogen-bond donors (Lipinski definition) is 2. The number of carbonyl (C=O) groups is 1. The number of aromatic amines is 1. The lowest BCUT2D eigenvalue weighted by Gasteiger charge is -2.03. The Balaban J connectivity index is 1.53. The molecule has 0 unspecified atom stereocenters. The maximum absolute atomic E-state index is 12.1. The molecule has 1 amide bonds. The molecule has 2 N–H and O–H groups in total. The molecule has 4 rings (SSSR count). The van der Waals surface area contributed by atoms with E-state index in [1.165, 1.54) is 17.3 Å². The predicted octanol–water partition coefficient (Wildman–Crippen LogP) is 3.85. The molecule has 26 heavy (non-hydrogen) atoms. The van der Waals surface area contributed by atoms with Crippen LogP contribution in [0.3, 0.4) is 0 Å². The third-order valence-corrected chi connectivity index (χ3v) is 4.87. The molecule has 0 atom stereocenters. The number of benzene rings is 2. The van der Waals surface area contributed by atoms with Crippen molar-refractivity contribution in [2.45, 2.75) is 19.0 Å². The van der Waals surface area contributed by atoms with Gasteiger partial charge in [0, 0.05) is 11.1 Å². The summed E-state index contributed by atoms with van der Waals surface area (Å²) in [6.07, 6.45) is 0. The van der Waals surface area contributed by atoms with Crippen molar-refractivity contribution in [3.8, 4) is 0 Å². The molecule has 0 spiro atoms. The van der Waals surface area contributed by atoms with E-state index >= 15 is 0 Å². The number of thioether (sulfide) groups is 1. The number of para-hydroxylation sites is 1. The number of hydrogen-bond acceptors (Lipinski definition) is 5. The fraction of sp³-hybridized carbons (Fsp3) is 0.158. The van der Waals surface area contributed by atoms with Gasteiger partial charge in [-0.15, -0.1) is 10.2 Å². The number of aryl methyl sites for hydroxylation is 2. The van der Waals surface area contributed by atoms with Crippen LogP contribution in [0, 0.1) is 13.8 Å². The lowest BCUT2D eigenvalue weighted by Crippen LogP contribution is -2.14. The Morgan fingerprint density at radius 1 is 1.15 bits per heavy atom. The Morgan fingerprint density at radius 3 is 2.77 bits per heavy atom. The highest BCUT2D eigenvalue weighted by molar-refractivity contribution is 7.99. The molecule has 130 valence electrons. The third kappa shape index (κ3) is 3.25. The van der Waals surface area contributed by atoms with Gasteiger partial charge in [0.1, 0.15) is 5.52 Å². The van der Waals surface area contributed by atoms with Crippen LogP contribution in [0.5, 0.6) is 0 Å². The van der Waals surface area contributed by atoms with Gasteiger partial charge in [0.2, 0.25) is 11.1 Å². The minimum atomic E-state index is -0.104. The number of rotatable bonds is 4. The molecule has 2 aromatic heterocycles. The summed E-state index contributed by atoms with van der Waals surface area (Å²) in [5.41, 5.74) is 5.56. The molecule has 0 aliphatic rings. The summed E-state index contributed by atoms with van der Waals surface area (Å²) >= 11 is 1.26. The van der Waals surface area contributed by atoms with Crippen molar-refractivity contribution in [1.29, 1.82) is 0 Å². The number of aromatic nitrogens is 4. The molecule has 7 heteroatoms. The summed E-state index contributed by atoms with van der Waals surface area (Å²) in [5, 5.41) is 12.8. The summed E-state index contributed by atoms with van der Waals surface area (Å²) in [4.78, 5) is 19.9. The summed E-state index contributed by atoms with van der Waals surface area (Å²) in [7, 11) is 0. The van der Waals surface area contributed by atoms with Crippen molar-refractivity contribution in [2.75, 3.05) is 11.1 Å². The molecular weight excluding hydrogens is 346 g/mol. The van der Waals surface area contributed by atoms with Crippen LogP contribution < -0.4 is 5.32 Å². The van der Waals surface area contributed by atoms with Gasteiger partial charge in [0.25, 0.3) is 0 Å². The van der Waals surface area contributed by atoms with Crippen LogP contribution in [0.2, 0.25) is 0 Å². The van der Waals surface area contributed by atoms with Gasteiger partial charge in [-0.3, -0.25) is 4.79 Å². The molecule has 2 heterocycles. The number of nitrogens with zero attached hydrogens (tertiary/aromatic N) is 3. The SMILES string of the molecule is Cc1cc(C)c2[nH]c3nc(SCC(=O)Nc4ccccc4)nnc3c2c1. The van der Waals surface area contributed by atoms with E-state index in [9.17, 15) is 4.79 Å². The van der Waals surface area contributed by atoms with Gasteiger partial charge >= 0.3 is 0 Å². The molecule has 0 aliphatic carbocycles. The van der Waals surface area contributed by atoms with Gasteiger partial charge < -0.3 is 10.3 Å². The topological polar surface area (TPSA) is 83.6 Å². The predicted molar refractivity (Wildman–Crippen MR) is 104 cm³/mol. The van der Waals surface area contributed by atoms with E-state index in [2.05, 4.69) is 51.5 Å². The second kappa shape index (κ2) is 6.76. The smallest absolute Gasteiger partial charge is 0.234 e. The van der Waals surface area contributed by atoms with E-state index in [0.29, 0.717) is 10.8 Å². The zero-order valence-corrected chi connectivity index (χ0v) is 15.2. The van der Waals surface area contributed by atoms with Crippen molar-refractivity contribution >= 4 is 45.4 Å². The largest absolute Gasteiger partial charge is 0.337 e. The highest BCUT2D eigenvalue weighted by Gasteiger charge is 2.12. The van der Waals surface area contributed by atoms with Crippen molar-refractivity contribution in [2.24, 2.45) is 0 Å². The summed E-state index contributed by atoms with van der Waals surface area (Å²) in [6.45, 7) is 4.11. The van der Waals surface area contributed by atoms with Crippen molar-refractivity contribution in [3.63, 3.8) is 0 Å². The summed E-state index contributed by atoms with van der Waals surface area (Å²) in [5.74, 6) is 0.119. The quantitative estimate of drug-likeness (QED) is 0.538. The van der Waals surface area contributed by atoms with Crippen molar-refractivity contribution < 1.29 is 4.79 Å². The number of fused-ring (bicyclic) bond motifs is 3. The first-order valence-electron chi connectivity index (χ1n) is 8.21. The fourth-order valence-corrected chi connectivity index (χ4v) is 3.51. The van der Waals surface area contributed by atoms with Crippen molar-refractivity contribution in [1.82, 2.24) is 20.2 Å². The molecule has 0 saturated carbocycles. The lowest BCUT2D eigenvalue weighted by atomic mass is 10.1. The number of carbonyl (C=O) groups excluding carboxylic acids is 1. The van der Waals surface area contributed by atoms with E-state index in [1.54, 1.807) is 0 Å². The van der Waals surface area contributed by atoms with Crippen LogP contribution in [0.4, 0.5) is 5.69 Å². The van der Waals surface area contributed by atoms with Gasteiger partial charge in [-0.25, -0.2) is 4.98 Å². The fourth-order valence-electron chi connectivity index (χ4n) is 2.93. The first kappa shape index (κ1) is 16.5. The molecule has 0 radical (unpaired) electrons. The lowest BCUT2D eigenvalue weighted by molar-refractivity contribution is -0.113. The first-order valence-corrected chi connectivity index (χ1v) is 9.20. The Bertz CT molecular complexity index is 1110. The highest BCUT2D eigenvalue weighted by Crippen LogP contribution is 2.27. The molecule has 4 aromatic rings. The Kier molecular flexibility index (Phi) is 4.30. The van der Waals surface area contributed by atoms with E-state index in [-0.39, 0.29) is 11.7 Å². The standard InChI is InChI=1S/C19H17N5OS/c1-11-8-12(2)16-14(9-11)17-18(21-16)22-19(24-23-17)26-10-15(25)20-13-6-4-3-5-7-13/h3-9H,10H2,1-2H3,(H,20,25)(H,21,22,24). The average molecular weight is 363 g/mol. The number of anilines is 1. The van der Waals surface area contributed by atoms with Crippen LogP contribution in [0.1, 0.15) is 11.1 Å². The van der Waals surface area contributed by atoms with Gasteiger partial charge in [-0.05, 0) is 37.6 Å². The van der Waals surface area contributed by atoms with Gasteiger partial charge in [-0.2, -0.15) is 0 Å². The van der Waals surface area contributed by atoms with Crippen molar-refractivity contribution in [3.05, 3.63) is 53.6 Å². The second-order valence-electron chi connectivity index (χ2n) is 6.12. The number of nitrogens with one attached hydrogen (secondary N) is 2. The average Bonchev–Trinajstić information content (AvgIpc) is 2.99. The zero-order valence-electron chi connectivity index (χ0n) is 14.4. The van der Waals surface area contributed by atoms with Gasteiger partial charge in [-0.1, -0.05) is 41.6 Å². The highest BCUT2D eigenvalue weighted by atomic mass is 32.2. The molecule has 0 bridgehead atoms. The van der Waals surface area contributed by atoms with Gasteiger partial charge in [0.05, 0.1) is 11.3 Å². The van der Waals surface area contributed by atoms with E-state index in [4.69, 9.17) is 0 Å². The van der Waals surface area contributed by atoms with Crippen LogP contribution >= 0.6 is 11.8 Å². The molecule has 6 nitrogen and oxygen atoms in total. The molecule has 2 aromatic carbocycles. The summed E-state index contributed by atoms with van der Waals surface area (Å²) in [6, 6.07) is 13.6. The minimum absolute atomic E-state index is 0.104. The first-order chi connectivity index (χ1) is 12.6. The minimum Gasteiger partial charge on any atom is -0.337 e. The van der Waals surface area contributed by atoms with Gasteiger partial charge in [0.15, 0.2) is 5.65 Å². The third-order valence-electron chi connectivity index (χ3n) is 4.04. The summed E-state index contributed by atoms with van der Waals surface area (Å²) < 4.78 is 0. The molecular formula is C19H17N5OS. The van der Waals surface area contributed by atoms with Crippen LogP contribution in [0.15, 0.2) is 47.6 Å². The van der Waals surface area contributed by atoms with E-state index in [0.717, 1.165) is 27.7 Å². The van der Waals surface area contributed by atoms with E-state index in [1.807, 2.05) is 30.3 Å². The zero-order chi connectivity index (χ0) is 18.1. The Hall–Kier alpha value is -2.93. The second-order valence-corrected chi connectivity index (χ2v) is 7.07. The maximum atomic E-state index is 12.1. The Morgan fingerprint density at radius 2 is 1.96 bits per heavy atom. The number of amides is 1. The molecule has 0 saturated heterocycles. The van der Waals surface area contributed by atoms with Crippen LogP contribution in [-0.4, -0.2) is 31.8 Å². The molecule has 0 fully saturated rings. The maximum Gasteiger partial charge on any atom is 0.234 e. The van der Waals surface area contributed by atoms with E-state index < -0.39 is 0 Å². The monoisotopic (exact) mass is 363 g/mol. The Labute approximate surface area is 154 Å². The molecule has 0 aliphatic heterocycles. The van der Waals surface area contributed by atoms with Crippen LogP contribution in [0.25, 0.3) is 22.1 Å². The van der Waals surface area contributed by atoms with Crippen LogP contribution in [-0.2, 0) is 4.79 Å².